The van der Waals surface area contributed by atoms with Crippen LogP contribution in [0, 0.1) is 0 Å². The number of imide groups is 1. The van der Waals surface area contributed by atoms with E-state index in [2.05, 4.69) is 10.0 Å². The molecule has 1 atom stereocenters. The Morgan fingerprint density at radius 2 is 1.86 bits per heavy atom. The summed E-state index contributed by atoms with van der Waals surface area (Å²) in [5.74, 6) is -1.78. The highest BCUT2D eigenvalue weighted by molar-refractivity contribution is 7.89. The van der Waals surface area contributed by atoms with E-state index in [-0.39, 0.29) is 23.3 Å². The van der Waals surface area contributed by atoms with E-state index in [1.165, 1.54) is 24.3 Å². The minimum absolute atomic E-state index is 0.0690. The van der Waals surface area contributed by atoms with Crippen LogP contribution in [0.4, 0.5) is 0 Å². The van der Waals surface area contributed by atoms with E-state index in [0.717, 1.165) is 0 Å². The van der Waals surface area contributed by atoms with Gasteiger partial charge in [0.2, 0.25) is 27.7 Å². The van der Waals surface area contributed by atoms with Crippen LogP contribution in [0.5, 0.6) is 0 Å². The number of carbonyl (C=O) groups excluding carboxylic acids is 3. The maximum absolute atomic E-state index is 12.1. The maximum atomic E-state index is 12.1. The van der Waals surface area contributed by atoms with Crippen molar-refractivity contribution in [3.05, 3.63) is 29.8 Å². The molecule has 4 N–H and O–H groups in total. The first kappa shape index (κ1) is 15.1. The second kappa shape index (κ2) is 5.62. The molecule has 1 fully saturated rings. The van der Waals surface area contributed by atoms with Crippen molar-refractivity contribution in [1.29, 1.82) is 0 Å². The van der Waals surface area contributed by atoms with Gasteiger partial charge in [0, 0.05) is 12.0 Å². The van der Waals surface area contributed by atoms with Gasteiger partial charge in [-0.25, -0.2) is 8.42 Å². The Morgan fingerprint density at radius 3 is 2.38 bits per heavy atom. The molecule has 1 aliphatic heterocycles. The summed E-state index contributed by atoms with van der Waals surface area (Å²) >= 11 is 0. The van der Waals surface area contributed by atoms with Crippen molar-refractivity contribution in [1.82, 2.24) is 10.0 Å². The first-order chi connectivity index (χ1) is 9.79. The quantitative estimate of drug-likeness (QED) is 0.604. The Bertz CT molecular complexity index is 696. The fourth-order valence-corrected chi connectivity index (χ4v) is 3.09. The van der Waals surface area contributed by atoms with Crippen molar-refractivity contribution in [2.75, 3.05) is 0 Å². The average molecular weight is 311 g/mol. The first-order valence-electron chi connectivity index (χ1n) is 6.05. The van der Waals surface area contributed by atoms with E-state index in [4.69, 9.17) is 5.73 Å². The van der Waals surface area contributed by atoms with Crippen LogP contribution in [-0.2, 0) is 19.6 Å². The highest BCUT2D eigenvalue weighted by Gasteiger charge is 2.30. The van der Waals surface area contributed by atoms with Gasteiger partial charge < -0.3 is 5.73 Å². The molecule has 1 unspecified atom stereocenters. The zero-order chi connectivity index (χ0) is 15.6. The van der Waals surface area contributed by atoms with E-state index >= 15 is 0 Å². The number of nitrogens with one attached hydrogen (secondary N) is 2. The molecule has 1 aromatic carbocycles. The average Bonchev–Trinajstić information content (AvgIpc) is 2.42. The third-order valence-electron chi connectivity index (χ3n) is 2.99. The summed E-state index contributed by atoms with van der Waals surface area (Å²) < 4.78 is 26.5. The fourth-order valence-electron chi connectivity index (χ4n) is 1.86. The molecule has 9 heteroatoms. The SMILES string of the molecule is NC(=O)c1ccc(S(=O)(=O)NC2CCC(=O)NC2=O)cc1. The summed E-state index contributed by atoms with van der Waals surface area (Å²) in [6, 6.07) is 3.99. The number of nitrogens with two attached hydrogens (primary N) is 1. The molecule has 1 heterocycles. The lowest BCUT2D eigenvalue weighted by atomic mass is 10.1. The lowest BCUT2D eigenvalue weighted by Gasteiger charge is -2.21. The van der Waals surface area contributed by atoms with Gasteiger partial charge in [-0.15, -0.1) is 0 Å². The largest absolute Gasteiger partial charge is 0.366 e. The number of rotatable bonds is 4. The topological polar surface area (TPSA) is 135 Å². The zero-order valence-electron chi connectivity index (χ0n) is 10.8. The predicted octanol–water partition coefficient (Wildman–Crippen LogP) is -1.13. The van der Waals surface area contributed by atoms with Gasteiger partial charge in [0.15, 0.2) is 0 Å². The number of primary amides is 1. The Labute approximate surface area is 120 Å². The number of carbonyl (C=O) groups is 3. The van der Waals surface area contributed by atoms with Gasteiger partial charge in [0.25, 0.3) is 0 Å². The van der Waals surface area contributed by atoms with Crippen molar-refractivity contribution >= 4 is 27.7 Å². The lowest BCUT2D eigenvalue weighted by molar-refractivity contribution is -0.134. The summed E-state index contributed by atoms with van der Waals surface area (Å²) in [5, 5.41) is 2.06. The summed E-state index contributed by atoms with van der Waals surface area (Å²) in [6.45, 7) is 0. The minimum Gasteiger partial charge on any atom is -0.366 e. The summed E-state index contributed by atoms with van der Waals surface area (Å²) in [6.07, 6.45) is 0.169. The molecule has 0 spiro atoms. The molecule has 0 aliphatic carbocycles. The molecule has 1 aliphatic rings. The second-order valence-electron chi connectivity index (χ2n) is 4.51. The number of amides is 3. The number of piperidine rings is 1. The number of benzene rings is 1. The monoisotopic (exact) mass is 311 g/mol. The first-order valence-corrected chi connectivity index (χ1v) is 7.54. The van der Waals surface area contributed by atoms with Gasteiger partial charge in [-0.05, 0) is 30.7 Å². The van der Waals surface area contributed by atoms with Crippen molar-refractivity contribution in [2.45, 2.75) is 23.8 Å². The molecule has 1 aromatic rings. The highest BCUT2D eigenvalue weighted by Crippen LogP contribution is 2.13. The van der Waals surface area contributed by atoms with Crippen LogP contribution in [0.15, 0.2) is 29.2 Å². The standard InChI is InChI=1S/C12H13N3O5S/c13-11(17)7-1-3-8(4-2-7)21(19,20)15-9-5-6-10(16)14-12(9)18/h1-4,9,15H,5-6H2,(H2,13,17)(H,14,16,18). The van der Waals surface area contributed by atoms with Gasteiger partial charge in [-0.2, -0.15) is 4.72 Å². The van der Waals surface area contributed by atoms with E-state index in [1.807, 2.05) is 0 Å². The summed E-state index contributed by atoms with van der Waals surface area (Å²) in [7, 11) is -3.93. The van der Waals surface area contributed by atoms with Crippen LogP contribution in [-0.4, -0.2) is 32.2 Å². The van der Waals surface area contributed by atoms with Gasteiger partial charge in [-0.1, -0.05) is 0 Å². The van der Waals surface area contributed by atoms with Crippen LogP contribution >= 0.6 is 0 Å². The Morgan fingerprint density at radius 1 is 1.24 bits per heavy atom. The minimum atomic E-state index is -3.93. The van der Waals surface area contributed by atoms with Crippen molar-refractivity contribution in [2.24, 2.45) is 5.73 Å². The van der Waals surface area contributed by atoms with E-state index in [1.54, 1.807) is 0 Å². The van der Waals surface area contributed by atoms with Gasteiger partial charge in [0.1, 0.15) is 6.04 Å². The second-order valence-corrected chi connectivity index (χ2v) is 6.23. The van der Waals surface area contributed by atoms with Crippen LogP contribution in [0.2, 0.25) is 0 Å². The molecule has 0 radical (unpaired) electrons. The number of hydrogen-bond acceptors (Lipinski definition) is 5. The van der Waals surface area contributed by atoms with Gasteiger partial charge >= 0.3 is 0 Å². The van der Waals surface area contributed by atoms with Crippen LogP contribution in [0.3, 0.4) is 0 Å². The molecule has 112 valence electrons. The van der Waals surface area contributed by atoms with E-state index in [9.17, 15) is 22.8 Å². The molecule has 0 bridgehead atoms. The van der Waals surface area contributed by atoms with Crippen LogP contribution < -0.4 is 15.8 Å². The molecular weight excluding hydrogens is 298 g/mol. The predicted molar refractivity (Wildman–Crippen MR) is 71.5 cm³/mol. The molecule has 1 saturated heterocycles. The Hall–Kier alpha value is -2.26. The van der Waals surface area contributed by atoms with Crippen molar-refractivity contribution in [3.8, 4) is 0 Å². The van der Waals surface area contributed by atoms with E-state index < -0.39 is 33.8 Å². The maximum Gasteiger partial charge on any atom is 0.248 e. The van der Waals surface area contributed by atoms with Crippen LogP contribution in [0.25, 0.3) is 0 Å². The Balaban J connectivity index is 2.16. The third kappa shape index (κ3) is 3.44. The Kier molecular flexibility index (Phi) is 4.05. The van der Waals surface area contributed by atoms with Crippen LogP contribution in [0.1, 0.15) is 23.2 Å². The molecule has 2 rings (SSSR count). The van der Waals surface area contributed by atoms with Crippen molar-refractivity contribution in [3.63, 3.8) is 0 Å². The zero-order valence-corrected chi connectivity index (χ0v) is 11.6. The van der Waals surface area contributed by atoms with E-state index in [0.29, 0.717) is 0 Å². The number of hydrogen-bond donors (Lipinski definition) is 3. The smallest absolute Gasteiger partial charge is 0.248 e. The number of sulfonamides is 1. The highest BCUT2D eigenvalue weighted by atomic mass is 32.2. The molecule has 21 heavy (non-hydrogen) atoms. The molecular formula is C12H13N3O5S. The van der Waals surface area contributed by atoms with Gasteiger partial charge in [-0.3, -0.25) is 19.7 Å². The summed E-state index contributed by atoms with van der Waals surface area (Å²) in [5.41, 5.74) is 5.24. The molecule has 0 aromatic heterocycles. The normalized spacial score (nSPS) is 19.1. The van der Waals surface area contributed by atoms with Gasteiger partial charge in [0.05, 0.1) is 4.90 Å². The van der Waals surface area contributed by atoms with Crippen molar-refractivity contribution < 1.29 is 22.8 Å². The molecule has 8 nitrogen and oxygen atoms in total. The summed E-state index contributed by atoms with van der Waals surface area (Å²) in [4.78, 5) is 33.4. The lowest BCUT2D eigenvalue weighted by Crippen LogP contribution is -2.52. The molecule has 0 saturated carbocycles. The molecule has 3 amide bonds. The fraction of sp³-hybridized carbons (Fsp3) is 0.250. The third-order valence-corrected chi connectivity index (χ3v) is 4.47.